The van der Waals surface area contributed by atoms with Gasteiger partial charge in [0, 0.05) is 72.3 Å². The van der Waals surface area contributed by atoms with E-state index in [1.54, 1.807) is 55.0 Å². The third kappa shape index (κ3) is 57.4. The Kier molecular flexibility index (Phi) is 90.8. The number of nitrogens with one attached hydrogen (secondary N) is 6. The molecule has 0 amide bonds. The molecule has 6 heterocycles. The molecule has 13 aromatic rings. The molecule has 13 rings (SSSR count). The van der Waals surface area contributed by atoms with E-state index in [0.717, 1.165) is 116 Å². The second kappa shape index (κ2) is 85.0. The molecule has 6 aromatic heterocycles. The molecule has 594 valence electrons. The number of fused-ring (bicyclic) bond motifs is 3. The summed E-state index contributed by atoms with van der Waals surface area (Å²) in [6.45, 7) is 52.8. The first-order valence-corrected chi connectivity index (χ1v) is 35.7. The van der Waals surface area contributed by atoms with Crippen molar-refractivity contribution in [2.75, 3.05) is 0 Å². The zero-order chi connectivity index (χ0) is 76.5. The standard InChI is InChI=1S/2C13H10N2.C10H12N2.2C9H8N2.C6H10N2.4C3H8.6C3H6.6CH4/c2*1-2-6-10(7-3-1)13-14-11-8-4-5-9-12(11)15-13;1-2-5-10-11-8-6-3-4-7-9(8)12-10;2*1-2-4-8(5-3-1)9-10-6-7-11-9;1-2-3-6-7-4-5-8-6;10*1-3-2;;;;;;/h2*1-9H,(H,14,15);3-4,6-7H,2,5H2,1H3,(H,11,12);2*1-7H,(H,10,11);4-5H,2-3H2,1H3,(H,7,8);4*3H2,1-2H3;6*3H,1H2,2H3;6*1H4. The molecule has 0 unspecified atom stereocenters. The average molecular weight is 1470 g/mol. The van der Waals surface area contributed by atoms with Crippen LogP contribution in [0, 0.1) is 0 Å². The summed E-state index contributed by atoms with van der Waals surface area (Å²) in [5.41, 5.74) is 10.9. The number of allylic oxidation sites excluding steroid dienone is 6. The van der Waals surface area contributed by atoms with Crippen LogP contribution < -0.4 is 0 Å². The molecular formula is C96H150N12. The van der Waals surface area contributed by atoms with E-state index < -0.39 is 0 Å². The van der Waals surface area contributed by atoms with E-state index in [0.29, 0.717) is 0 Å². The summed E-state index contributed by atoms with van der Waals surface area (Å²) in [7, 11) is 0. The van der Waals surface area contributed by atoms with Gasteiger partial charge in [0.05, 0.1) is 33.1 Å². The molecule has 12 heteroatoms. The number of hydrogen-bond acceptors (Lipinski definition) is 6. The number of nitrogens with zero attached hydrogens (tertiary/aromatic N) is 6. The maximum Gasteiger partial charge on any atom is 0.138 e. The molecular weight excluding hydrogens is 1320 g/mol. The van der Waals surface area contributed by atoms with Gasteiger partial charge in [-0.25, -0.2) is 29.9 Å². The lowest BCUT2D eigenvalue weighted by atomic mass is 10.2. The predicted octanol–water partition coefficient (Wildman–Crippen LogP) is 31.1. The Labute approximate surface area is 660 Å². The number of aromatic nitrogens is 12. The number of H-pyrrole nitrogens is 6. The van der Waals surface area contributed by atoms with Gasteiger partial charge < -0.3 is 29.9 Å². The topological polar surface area (TPSA) is 172 Å². The number of hydrogen-bond donors (Lipinski definition) is 6. The van der Waals surface area contributed by atoms with E-state index in [4.69, 9.17) is 0 Å². The Bertz CT molecular complexity index is 3550. The minimum absolute atomic E-state index is 0. The van der Waals surface area contributed by atoms with Crippen molar-refractivity contribution in [2.45, 2.75) is 207 Å². The first kappa shape index (κ1) is 115. The van der Waals surface area contributed by atoms with Crippen LogP contribution in [0.5, 0.6) is 0 Å². The van der Waals surface area contributed by atoms with E-state index in [1.165, 1.54) is 25.7 Å². The van der Waals surface area contributed by atoms with Crippen molar-refractivity contribution < 1.29 is 0 Å². The molecule has 0 aliphatic rings. The fourth-order valence-electron chi connectivity index (χ4n) is 7.44. The van der Waals surface area contributed by atoms with Crippen molar-refractivity contribution in [1.29, 1.82) is 0 Å². The summed E-state index contributed by atoms with van der Waals surface area (Å²) in [5.74, 6) is 5.89. The minimum Gasteiger partial charge on any atom is -0.349 e. The quantitative estimate of drug-likeness (QED) is 0.0827. The van der Waals surface area contributed by atoms with Crippen LogP contribution in [0.1, 0.15) is 206 Å². The highest BCUT2D eigenvalue weighted by atomic mass is 14.9. The first-order valence-electron chi connectivity index (χ1n) is 35.7. The summed E-state index contributed by atoms with van der Waals surface area (Å²) < 4.78 is 0. The number of aromatic amines is 6. The Morgan fingerprint density at radius 1 is 0.269 bits per heavy atom. The van der Waals surface area contributed by atoms with Crippen LogP contribution in [0.25, 0.3) is 78.7 Å². The van der Waals surface area contributed by atoms with Crippen molar-refractivity contribution in [3.05, 3.63) is 319 Å². The van der Waals surface area contributed by atoms with Crippen molar-refractivity contribution in [2.24, 2.45) is 0 Å². The number of para-hydroxylation sites is 6. The highest BCUT2D eigenvalue weighted by molar-refractivity contribution is 5.80. The van der Waals surface area contributed by atoms with Crippen LogP contribution in [0.2, 0.25) is 0 Å². The van der Waals surface area contributed by atoms with Crippen LogP contribution in [0.3, 0.4) is 0 Å². The number of benzene rings is 7. The van der Waals surface area contributed by atoms with Crippen LogP contribution in [0.4, 0.5) is 0 Å². The van der Waals surface area contributed by atoms with E-state index in [9.17, 15) is 0 Å². The van der Waals surface area contributed by atoms with Gasteiger partial charge in [-0.2, -0.15) is 0 Å². The third-order valence-corrected chi connectivity index (χ3v) is 10.9. The second-order valence-corrected chi connectivity index (χ2v) is 21.6. The number of rotatable bonds is 8. The third-order valence-electron chi connectivity index (χ3n) is 10.9. The Hall–Kier alpha value is -11.0. The summed E-state index contributed by atoms with van der Waals surface area (Å²) in [4.78, 5) is 44.8. The summed E-state index contributed by atoms with van der Waals surface area (Å²) in [6.07, 6.45) is 30.7. The van der Waals surface area contributed by atoms with E-state index in [1.807, 2.05) is 224 Å². The van der Waals surface area contributed by atoms with E-state index in [2.05, 4.69) is 199 Å². The van der Waals surface area contributed by atoms with Crippen molar-refractivity contribution in [3.63, 3.8) is 0 Å². The molecule has 0 aliphatic heterocycles. The van der Waals surface area contributed by atoms with Gasteiger partial charge >= 0.3 is 0 Å². The van der Waals surface area contributed by atoms with E-state index in [-0.39, 0.29) is 44.6 Å². The van der Waals surface area contributed by atoms with Crippen LogP contribution in [-0.2, 0) is 12.8 Å². The van der Waals surface area contributed by atoms with Gasteiger partial charge in [-0.3, -0.25) is 0 Å². The molecule has 12 nitrogen and oxygen atoms in total. The monoisotopic (exact) mass is 1470 g/mol. The molecule has 0 fully saturated rings. The zero-order valence-corrected chi connectivity index (χ0v) is 65.0. The molecule has 6 N–H and O–H groups in total. The smallest absolute Gasteiger partial charge is 0.138 e. The molecule has 0 spiro atoms. The van der Waals surface area contributed by atoms with Crippen molar-refractivity contribution in [1.82, 2.24) is 59.8 Å². The molecule has 0 bridgehead atoms. The highest BCUT2D eigenvalue weighted by Gasteiger charge is 2.05. The SMILES string of the molecule is C.C.C.C.C.C.C=CC.C=CC.C=CC.C=CC.C=CC.C=CC.CCC.CCC.CCC.CCC.CCCc1nc2ccccc2[nH]1.CCCc1ncc[nH]1.c1ccc(-c2nc3ccccc3[nH]2)cc1.c1ccc(-c2nc3ccccc3[nH]2)cc1.c1ccc(-c2ncc[nH]2)cc1.c1ccc(-c2ncc[nH]2)cc1. The molecule has 0 atom stereocenters. The lowest BCUT2D eigenvalue weighted by Gasteiger charge is -1.93. The molecule has 0 saturated carbocycles. The van der Waals surface area contributed by atoms with Gasteiger partial charge in [0.2, 0.25) is 0 Å². The largest absolute Gasteiger partial charge is 0.349 e. The van der Waals surface area contributed by atoms with Crippen molar-refractivity contribution >= 4 is 33.1 Å². The minimum atomic E-state index is 0. The molecule has 0 radical (unpaired) electrons. The number of imidazole rings is 6. The second-order valence-electron chi connectivity index (χ2n) is 21.6. The summed E-state index contributed by atoms with van der Waals surface area (Å²) >= 11 is 0. The molecule has 108 heavy (non-hydrogen) atoms. The van der Waals surface area contributed by atoms with Crippen LogP contribution in [-0.4, -0.2) is 59.8 Å². The fourth-order valence-corrected chi connectivity index (χ4v) is 7.44. The zero-order valence-electron chi connectivity index (χ0n) is 65.0. The lowest BCUT2D eigenvalue weighted by Crippen LogP contribution is -1.83. The Balaban J connectivity index is -0.000000144. The lowest BCUT2D eigenvalue weighted by molar-refractivity contribution is 0.856. The van der Waals surface area contributed by atoms with Gasteiger partial charge in [-0.05, 0) is 90.8 Å². The Morgan fingerprint density at radius 3 is 0.722 bits per heavy atom. The van der Waals surface area contributed by atoms with Crippen LogP contribution in [0.15, 0.2) is 307 Å². The van der Waals surface area contributed by atoms with Crippen molar-refractivity contribution in [3.8, 4) is 45.6 Å². The summed E-state index contributed by atoms with van der Waals surface area (Å²) in [5, 5.41) is 0. The van der Waals surface area contributed by atoms with Gasteiger partial charge in [-0.15, -0.1) is 39.5 Å². The average Bonchev–Trinajstić information content (AvgIpc) is 1.70. The predicted molar refractivity (Wildman–Crippen MR) is 493 cm³/mol. The molecule has 0 aliphatic carbocycles. The molecule has 7 aromatic carbocycles. The molecule has 0 saturated heterocycles. The van der Waals surface area contributed by atoms with Gasteiger partial charge in [0.25, 0.3) is 0 Å². The number of aryl methyl sites for hydroxylation is 2. The van der Waals surface area contributed by atoms with Gasteiger partial charge in [-0.1, -0.05) is 334 Å². The van der Waals surface area contributed by atoms with Crippen LogP contribution >= 0.6 is 0 Å². The first-order chi connectivity index (χ1) is 49.8. The van der Waals surface area contributed by atoms with E-state index >= 15 is 0 Å². The maximum atomic E-state index is 4.53. The maximum absolute atomic E-state index is 4.53. The van der Waals surface area contributed by atoms with Gasteiger partial charge in [0.15, 0.2) is 0 Å². The highest BCUT2D eigenvalue weighted by Crippen LogP contribution is 2.21. The fraction of sp³-hybridized carbons (Fsp3) is 0.312. The normalized spacial score (nSPS) is 8.26. The Morgan fingerprint density at radius 2 is 0.491 bits per heavy atom. The summed E-state index contributed by atoms with van der Waals surface area (Å²) in [6, 6.07) is 64.6. The van der Waals surface area contributed by atoms with Gasteiger partial charge in [0.1, 0.15) is 34.9 Å².